The molecule has 0 radical (unpaired) electrons. The predicted octanol–water partition coefficient (Wildman–Crippen LogP) is 2.46. The number of aromatic nitrogens is 3. The van der Waals surface area contributed by atoms with Gasteiger partial charge in [-0.25, -0.2) is 9.97 Å². The highest BCUT2D eigenvalue weighted by Gasteiger charge is 2.32. The summed E-state index contributed by atoms with van der Waals surface area (Å²) in [7, 11) is 0. The van der Waals surface area contributed by atoms with E-state index in [-0.39, 0.29) is 5.91 Å². The topological polar surface area (TPSA) is 59.0 Å². The van der Waals surface area contributed by atoms with Crippen molar-refractivity contribution in [3.8, 4) is 0 Å². The van der Waals surface area contributed by atoms with Gasteiger partial charge in [-0.1, -0.05) is 11.8 Å². The Balaban J connectivity index is 1.61. The van der Waals surface area contributed by atoms with Crippen LogP contribution in [0.1, 0.15) is 24.1 Å². The lowest BCUT2D eigenvalue weighted by molar-refractivity contribution is -0.129. The molecule has 0 unspecified atom stereocenters. The van der Waals surface area contributed by atoms with Gasteiger partial charge in [0.2, 0.25) is 5.91 Å². The zero-order valence-electron chi connectivity index (χ0n) is 12.5. The normalized spacial score (nSPS) is 13.9. The molecule has 0 saturated heterocycles. The van der Waals surface area contributed by atoms with Crippen LogP contribution in [0.2, 0.25) is 0 Å². The Labute approximate surface area is 134 Å². The lowest BCUT2D eigenvalue weighted by atomic mass is 10.2. The predicted molar refractivity (Wildman–Crippen MR) is 85.3 cm³/mol. The van der Waals surface area contributed by atoms with Gasteiger partial charge in [-0.2, -0.15) is 0 Å². The fraction of sp³-hybridized carbons (Fsp3) is 0.375. The standard InChI is InChI=1S/C16H18N4OS/c1-12-4-9-18-16(19-12)22-11-15(21)20(14-2-3-14)10-13-5-7-17-8-6-13/h4-9,14H,2-3,10-11H2,1H3. The Morgan fingerprint density at radius 2 is 2.05 bits per heavy atom. The minimum absolute atomic E-state index is 0.148. The van der Waals surface area contributed by atoms with Gasteiger partial charge in [0.25, 0.3) is 0 Å². The summed E-state index contributed by atoms with van der Waals surface area (Å²) in [5.41, 5.74) is 2.04. The molecule has 6 heteroatoms. The molecular formula is C16H18N4OS. The quantitative estimate of drug-likeness (QED) is 0.605. The van der Waals surface area contributed by atoms with Gasteiger partial charge in [0.05, 0.1) is 5.75 Å². The number of carbonyl (C=O) groups is 1. The van der Waals surface area contributed by atoms with Crippen LogP contribution in [0.5, 0.6) is 0 Å². The molecule has 1 fully saturated rings. The summed E-state index contributed by atoms with van der Waals surface area (Å²) in [5, 5.41) is 0.660. The van der Waals surface area contributed by atoms with Crippen molar-refractivity contribution in [2.45, 2.75) is 37.5 Å². The van der Waals surface area contributed by atoms with Gasteiger partial charge < -0.3 is 4.90 Å². The van der Waals surface area contributed by atoms with Gasteiger partial charge >= 0.3 is 0 Å². The molecule has 2 aromatic rings. The van der Waals surface area contributed by atoms with Crippen LogP contribution >= 0.6 is 11.8 Å². The van der Waals surface area contributed by atoms with E-state index in [1.165, 1.54) is 11.8 Å². The molecular weight excluding hydrogens is 296 g/mol. The molecule has 5 nitrogen and oxygen atoms in total. The van der Waals surface area contributed by atoms with Gasteiger partial charge in [0, 0.05) is 36.9 Å². The summed E-state index contributed by atoms with van der Waals surface area (Å²) in [4.78, 5) is 27.0. The first-order valence-electron chi connectivity index (χ1n) is 7.33. The smallest absolute Gasteiger partial charge is 0.233 e. The number of thioether (sulfide) groups is 1. The third-order valence-electron chi connectivity index (χ3n) is 3.51. The zero-order chi connectivity index (χ0) is 15.4. The number of nitrogens with zero attached hydrogens (tertiary/aromatic N) is 4. The number of hydrogen-bond donors (Lipinski definition) is 0. The second-order valence-electron chi connectivity index (χ2n) is 5.38. The Kier molecular flexibility index (Phi) is 4.68. The molecule has 1 amide bonds. The van der Waals surface area contributed by atoms with Crippen molar-refractivity contribution in [3.05, 3.63) is 48.0 Å². The van der Waals surface area contributed by atoms with E-state index >= 15 is 0 Å². The van der Waals surface area contributed by atoms with E-state index in [9.17, 15) is 4.79 Å². The van der Waals surface area contributed by atoms with E-state index in [4.69, 9.17) is 0 Å². The molecule has 0 aliphatic heterocycles. The molecule has 3 rings (SSSR count). The van der Waals surface area contributed by atoms with E-state index in [0.717, 1.165) is 24.1 Å². The van der Waals surface area contributed by atoms with Crippen LogP contribution in [-0.2, 0) is 11.3 Å². The van der Waals surface area contributed by atoms with E-state index in [0.29, 0.717) is 23.5 Å². The minimum atomic E-state index is 0.148. The Morgan fingerprint density at radius 3 is 2.73 bits per heavy atom. The Morgan fingerprint density at radius 1 is 1.27 bits per heavy atom. The lowest BCUT2D eigenvalue weighted by Crippen LogP contribution is -2.34. The maximum absolute atomic E-state index is 12.5. The van der Waals surface area contributed by atoms with Gasteiger partial charge in [0.15, 0.2) is 5.16 Å². The summed E-state index contributed by atoms with van der Waals surface area (Å²) in [6, 6.07) is 6.16. The van der Waals surface area contributed by atoms with Crippen molar-refractivity contribution in [3.63, 3.8) is 0 Å². The van der Waals surface area contributed by atoms with Gasteiger partial charge in [-0.15, -0.1) is 0 Å². The van der Waals surface area contributed by atoms with Crippen LogP contribution in [-0.4, -0.2) is 37.6 Å². The van der Waals surface area contributed by atoms with Gasteiger partial charge in [0.1, 0.15) is 0 Å². The van der Waals surface area contributed by atoms with Crippen LogP contribution in [0.15, 0.2) is 41.9 Å². The van der Waals surface area contributed by atoms with Crippen LogP contribution in [0.3, 0.4) is 0 Å². The molecule has 0 aromatic carbocycles. The largest absolute Gasteiger partial charge is 0.335 e. The number of rotatable bonds is 6. The zero-order valence-corrected chi connectivity index (χ0v) is 13.3. The number of carbonyl (C=O) groups excluding carboxylic acids is 1. The molecule has 1 saturated carbocycles. The maximum atomic E-state index is 12.5. The second-order valence-corrected chi connectivity index (χ2v) is 6.32. The highest BCUT2D eigenvalue weighted by atomic mass is 32.2. The van der Waals surface area contributed by atoms with Crippen molar-refractivity contribution in [2.24, 2.45) is 0 Å². The number of amides is 1. The average Bonchev–Trinajstić information content (AvgIpc) is 3.36. The molecule has 2 heterocycles. The van der Waals surface area contributed by atoms with Crippen molar-refractivity contribution < 1.29 is 4.79 Å². The van der Waals surface area contributed by atoms with Gasteiger partial charge in [-0.3, -0.25) is 9.78 Å². The fourth-order valence-electron chi connectivity index (χ4n) is 2.20. The Bertz CT molecular complexity index is 646. The first-order valence-corrected chi connectivity index (χ1v) is 8.32. The summed E-state index contributed by atoms with van der Waals surface area (Å²) in [6.07, 6.45) is 7.45. The monoisotopic (exact) mass is 314 g/mol. The summed E-state index contributed by atoms with van der Waals surface area (Å²) >= 11 is 1.40. The molecule has 1 aliphatic rings. The number of aryl methyl sites for hydroxylation is 1. The second kappa shape index (κ2) is 6.87. The first kappa shape index (κ1) is 15.0. The van der Waals surface area contributed by atoms with Crippen molar-refractivity contribution in [1.82, 2.24) is 19.9 Å². The van der Waals surface area contributed by atoms with E-state index in [1.54, 1.807) is 18.6 Å². The van der Waals surface area contributed by atoms with Crippen LogP contribution < -0.4 is 0 Å². The fourth-order valence-corrected chi connectivity index (χ4v) is 2.96. The third-order valence-corrected chi connectivity index (χ3v) is 4.35. The summed E-state index contributed by atoms with van der Waals surface area (Å²) < 4.78 is 0. The van der Waals surface area contributed by atoms with Crippen molar-refractivity contribution >= 4 is 17.7 Å². The van der Waals surface area contributed by atoms with Crippen LogP contribution in [0.4, 0.5) is 0 Å². The number of pyridine rings is 1. The highest BCUT2D eigenvalue weighted by Crippen LogP contribution is 2.29. The molecule has 1 aliphatic carbocycles. The van der Waals surface area contributed by atoms with E-state index < -0.39 is 0 Å². The minimum Gasteiger partial charge on any atom is -0.335 e. The van der Waals surface area contributed by atoms with Crippen LogP contribution in [0.25, 0.3) is 0 Å². The molecule has 0 spiro atoms. The molecule has 114 valence electrons. The van der Waals surface area contributed by atoms with Crippen molar-refractivity contribution in [1.29, 1.82) is 0 Å². The molecule has 0 bridgehead atoms. The average molecular weight is 314 g/mol. The molecule has 22 heavy (non-hydrogen) atoms. The van der Waals surface area contributed by atoms with Crippen LogP contribution in [0, 0.1) is 6.92 Å². The third kappa shape index (κ3) is 4.04. The molecule has 0 atom stereocenters. The maximum Gasteiger partial charge on any atom is 0.233 e. The number of hydrogen-bond acceptors (Lipinski definition) is 5. The van der Waals surface area contributed by atoms with Gasteiger partial charge in [-0.05, 0) is 43.5 Å². The summed E-state index contributed by atoms with van der Waals surface area (Å²) in [6.45, 7) is 2.58. The van der Waals surface area contributed by atoms with E-state index in [1.807, 2.05) is 30.0 Å². The SMILES string of the molecule is Cc1ccnc(SCC(=O)N(Cc2ccncc2)C2CC2)n1. The highest BCUT2D eigenvalue weighted by molar-refractivity contribution is 7.99. The van der Waals surface area contributed by atoms with Crippen molar-refractivity contribution in [2.75, 3.05) is 5.75 Å². The van der Waals surface area contributed by atoms with E-state index in [2.05, 4.69) is 15.0 Å². The molecule has 0 N–H and O–H groups in total. The molecule has 2 aromatic heterocycles. The first-order chi connectivity index (χ1) is 10.7. The summed E-state index contributed by atoms with van der Waals surface area (Å²) in [5.74, 6) is 0.528. The Hall–Kier alpha value is -1.95. The lowest BCUT2D eigenvalue weighted by Gasteiger charge is -2.22.